The van der Waals surface area contributed by atoms with Gasteiger partial charge in [-0.1, -0.05) is 37.7 Å². The predicted molar refractivity (Wildman–Crippen MR) is 96.9 cm³/mol. The molecule has 1 fully saturated rings. The largest absolute Gasteiger partial charge is 0.353 e. The summed E-state index contributed by atoms with van der Waals surface area (Å²) >= 11 is 1.35. The second kappa shape index (κ2) is 7.56. The summed E-state index contributed by atoms with van der Waals surface area (Å²) in [7, 11) is 0. The highest BCUT2D eigenvalue weighted by molar-refractivity contribution is 7.99. The van der Waals surface area contributed by atoms with E-state index in [0.29, 0.717) is 28.5 Å². The molecule has 134 valence electrons. The van der Waals surface area contributed by atoms with Crippen LogP contribution in [0.5, 0.6) is 0 Å². The molecule has 1 aliphatic carbocycles. The molecule has 25 heavy (non-hydrogen) atoms. The van der Waals surface area contributed by atoms with E-state index in [-0.39, 0.29) is 23.5 Å². The van der Waals surface area contributed by atoms with E-state index in [9.17, 15) is 9.18 Å². The van der Waals surface area contributed by atoms with Crippen LogP contribution in [0, 0.1) is 11.7 Å². The Hall–Kier alpha value is -1.89. The van der Waals surface area contributed by atoms with Crippen molar-refractivity contribution >= 4 is 17.7 Å². The van der Waals surface area contributed by atoms with E-state index in [0.717, 1.165) is 12.8 Å². The van der Waals surface area contributed by atoms with Gasteiger partial charge < -0.3 is 5.32 Å². The molecule has 1 saturated carbocycles. The van der Waals surface area contributed by atoms with E-state index < -0.39 is 0 Å². The summed E-state index contributed by atoms with van der Waals surface area (Å²) in [5, 5.41) is 12.1. The lowest BCUT2D eigenvalue weighted by Gasteiger charge is -2.17. The van der Waals surface area contributed by atoms with Gasteiger partial charge in [0, 0.05) is 12.1 Å². The number of amides is 1. The molecule has 5 nitrogen and oxygen atoms in total. The molecule has 1 amide bonds. The molecular formula is C18H23FN4OS. The molecule has 0 aliphatic heterocycles. The van der Waals surface area contributed by atoms with E-state index in [1.165, 1.54) is 17.8 Å². The van der Waals surface area contributed by atoms with Crippen LogP contribution in [-0.4, -0.2) is 32.5 Å². The number of hydrogen-bond acceptors (Lipinski definition) is 4. The molecule has 3 rings (SSSR count). The highest BCUT2D eigenvalue weighted by Gasteiger charge is 2.31. The number of hydrogen-bond donors (Lipinski definition) is 1. The van der Waals surface area contributed by atoms with E-state index in [2.05, 4.69) is 29.4 Å². The zero-order chi connectivity index (χ0) is 18.0. The Morgan fingerprint density at radius 2 is 2.04 bits per heavy atom. The molecule has 7 heteroatoms. The van der Waals surface area contributed by atoms with E-state index in [1.807, 2.05) is 11.5 Å². The predicted octanol–water partition coefficient (Wildman–Crippen LogP) is 3.67. The molecule has 0 radical (unpaired) electrons. The van der Waals surface area contributed by atoms with Crippen LogP contribution in [0.3, 0.4) is 0 Å². The van der Waals surface area contributed by atoms with Gasteiger partial charge in [0.05, 0.1) is 11.3 Å². The highest BCUT2D eigenvalue weighted by Crippen LogP contribution is 2.41. The van der Waals surface area contributed by atoms with Gasteiger partial charge in [0.25, 0.3) is 0 Å². The first kappa shape index (κ1) is 17.9. The number of rotatable bonds is 7. The SMILES string of the molecule is CC(C)[C@@H](C)NC(=O)CSc1nnc(-c2ccccc2F)n1C1CC1. The summed E-state index contributed by atoms with van der Waals surface area (Å²) in [6.07, 6.45) is 2.06. The van der Waals surface area contributed by atoms with Gasteiger partial charge in [0.1, 0.15) is 5.82 Å². The number of benzene rings is 1. The number of thioether (sulfide) groups is 1. The summed E-state index contributed by atoms with van der Waals surface area (Å²) in [6.45, 7) is 6.14. The van der Waals surface area contributed by atoms with E-state index in [1.54, 1.807) is 18.2 Å². The van der Waals surface area contributed by atoms with Gasteiger partial charge in [-0.25, -0.2) is 4.39 Å². The van der Waals surface area contributed by atoms with Crippen LogP contribution in [0.1, 0.15) is 39.7 Å². The minimum atomic E-state index is -0.308. The third kappa shape index (κ3) is 4.21. The maximum absolute atomic E-state index is 14.1. The lowest BCUT2D eigenvalue weighted by molar-refractivity contribution is -0.119. The number of halogens is 1. The van der Waals surface area contributed by atoms with Crippen LogP contribution in [-0.2, 0) is 4.79 Å². The molecular weight excluding hydrogens is 339 g/mol. The Labute approximate surface area is 151 Å². The zero-order valence-corrected chi connectivity index (χ0v) is 15.5. The fourth-order valence-electron chi connectivity index (χ4n) is 2.46. The van der Waals surface area contributed by atoms with Gasteiger partial charge in [0.2, 0.25) is 5.91 Å². The standard InChI is InChI=1S/C18H23FN4OS/c1-11(2)12(3)20-16(24)10-25-18-22-21-17(23(18)13-8-9-13)14-6-4-5-7-15(14)19/h4-7,11-13H,8-10H2,1-3H3,(H,20,24)/t12-/m1/s1. The maximum Gasteiger partial charge on any atom is 0.230 e. The summed E-state index contributed by atoms with van der Waals surface area (Å²) in [4.78, 5) is 12.1. The zero-order valence-electron chi connectivity index (χ0n) is 14.7. The lowest BCUT2D eigenvalue weighted by Crippen LogP contribution is -2.37. The Kier molecular flexibility index (Phi) is 5.42. The van der Waals surface area contributed by atoms with Gasteiger partial charge in [0.15, 0.2) is 11.0 Å². The van der Waals surface area contributed by atoms with Crippen molar-refractivity contribution in [2.24, 2.45) is 5.92 Å². The topological polar surface area (TPSA) is 59.8 Å². The monoisotopic (exact) mass is 362 g/mol. The van der Waals surface area contributed by atoms with E-state index in [4.69, 9.17) is 0 Å². The fourth-order valence-corrected chi connectivity index (χ4v) is 3.27. The molecule has 1 aromatic carbocycles. The molecule has 0 bridgehead atoms. The normalized spacial score (nSPS) is 15.4. The summed E-state index contributed by atoms with van der Waals surface area (Å²) in [5.74, 6) is 0.871. The van der Waals surface area contributed by atoms with Crippen LogP contribution < -0.4 is 5.32 Å². The van der Waals surface area contributed by atoms with Gasteiger partial charge in [-0.2, -0.15) is 0 Å². The summed E-state index contributed by atoms with van der Waals surface area (Å²) in [6, 6.07) is 7.01. The van der Waals surface area contributed by atoms with Crippen molar-refractivity contribution in [1.82, 2.24) is 20.1 Å². The molecule has 1 aromatic heterocycles. The average molecular weight is 362 g/mol. The van der Waals surface area contributed by atoms with Crippen LogP contribution in [0.2, 0.25) is 0 Å². The van der Waals surface area contributed by atoms with Crippen LogP contribution in [0.25, 0.3) is 11.4 Å². The molecule has 1 aliphatic rings. The Bertz CT molecular complexity index is 757. The van der Waals surface area contributed by atoms with Crippen molar-refractivity contribution in [2.75, 3.05) is 5.75 Å². The molecule has 1 N–H and O–H groups in total. The summed E-state index contributed by atoms with van der Waals surface area (Å²) in [5.41, 5.74) is 0.451. The third-order valence-electron chi connectivity index (χ3n) is 4.41. The lowest BCUT2D eigenvalue weighted by atomic mass is 10.1. The van der Waals surface area contributed by atoms with Gasteiger partial charge in [-0.15, -0.1) is 10.2 Å². The minimum absolute atomic E-state index is 0.0241. The first-order valence-corrected chi connectivity index (χ1v) is 9.58. The third-order valence-corrected chi connectivity index (χ3v) is 5.36. The molecule has 1 heterocycles. The van der Waals surface area contributed by atoms with Crippen molar-refractivity contribution in [3.8, 4) is 11.4 Å². The second-order valence-corrected chi connectivity index (χ2v) is 7.72. The number of carbonyl (C=O) groups is 1. The molecule has 2 aromatic rings. The molecule has 0 saturated heterocycles. The molecule has 0 spiro atoms. The number of nitrogens with zero attached hydrogens (tertiary/aromatic N) is 3. The quantitative estimate of drug-likeness (QED) is 0.764. The second-order valence-electron chi connectivity index (χ2n) is 6.78. The van der Waals surface area contributed by atoms with Gasteiger partial charge in [-0.05, 0) is 37.8 Å². The van der Waals surface area contributed by atoms with Gasteiger partial charge in [-0.3, -0.25) is 9.36 Å². The fraction of sp³-hybridized carbons (Fsp3) is 0.500. The first-order chi connectivity index (χ1) is 12.0. The van der Waals surface area contributed by atoms with Crippen molar-refractivity contribution in [2.45, 2.75) is 50.9 Å². The molecule has 1 atom stereocenters. The molecule has 0 unspecified atom stereocenters. The van der Waals surface area contributed by atoms with Crippen LogP contribution in [0.15, 0.2) is 29.4 Å². The number of nitrogens with one attached hydrogen (secondary N) is 1. The van der Waals surface area contributed by atoms with Crippen molar-refractivity contribution in [3.63, 3.8) is 0 Å². The maximum atomic E-state index is 14.1. The summed E-state index contributed by atoms with van der Waals surface area (Å²) < 4.78 is 16.1. The van der Waals surface area contributed by atoms with Crippen LogP contribution in [0.4, 0.5) is 4.39 Å². The van der Waals surface area contributed by atoms with Crippen molar-refractivity contribution < 1.29 is 9.18 Å². The Morgan fingerprint density at radius 3 is 2.68 bits per heavy atom. The number of carbonyl (C=O) groups excluding carboxylic acids is 1. The van der Waals surface area contributed by atoms with Gasteiger partial charge >= 0.3 is 0 Å². The first-order valence-electron chi connectivity index (χ1n) is 8.59. The van der Waals surface area contributed by atoms with E-state index >= 15 is 0 Å². The van der Waals surface area contributed by atoms with Crippen molar-refractivity contribution in [3.05, 3.63) is 30.1 Å². The van der Waals surface area contributed by atoms with Crippen molar-refractivity contribution in [1.29, 1.82) is 0 Å². The minimum Gasteiger partial charge on any atom is -0.353 e. The Balaban J connectivity index is 1.75. The average Bonchev–Trinajstić information content (AvgIpc) is 3.33. The number of aromatic nitrogens is 3. The smallest absolute Gasteiger partial charge is 0.230 e. The Morgan fingerprint density at radius 1 is 1.32 bits per heavy atom. The highest BCUT2D eigenvalue weighted by atomic mass is 32.2. The van der Waals surface area contributed by atoms with Crippen LogP contribution >= 0.6 is 11.8 Å².